The van der Waals surface area contributed by atoms with E-state index in [1.807, 2.05) is 0 Å². The van der Waals surface area contributed by atoms with Crippen LogP contribution in [0.4, 0.5) is 5.82 Å². The number of piperazine rings is 1. The maximum Gasteiger partial charge on any atom is 0.132 e. The van der Waals surface area contributed by atoms with Crippen molar-refractivity contribution in [2.24, 2.45) is 0 Å². The van der Waals surface area contributed by atoms with Gasteiger partial charge in [-0.05, 0) is 12.8 Å². The van der Waals surface area contributed by atoms with Crippen LogP contribution in [0.2, 0.25) is 0 Å². The van der Waals surface area contributed by atoms with Gasteiger partial charge in [0.25, 0.3) is 0 Å². The Morgan fingerprint density at radius 2 is 2.05 bits per heavy atom. The fraction of sp³-hybridized carbons (Fsp3) is 0.750. The lowest BCUT2D eigenvalue weighted by Gasteiger charge is -2.36. The van der Waals surface area contributed by atoms with E-state index in [4.69, 9.17) is 9.47 Å². The number of hydrogen-bond acceptors (Lipinski definition) is 6. The quantitative estimate of drug-likeness (QED) is 0.808. The lowest BCUT2D eigenvalue weighted by atomic mass is 10.2. The van der Waals surface area contributed by atoms with Crippen LogP contribution in [-0.4, -0.2) is 73.5 Å². The highest BCUT2D eigenvalue weighted by Crippen LogP contribution is 2.15. The number of ether oxygens (including phenoxy) is 2. The maximum atomic E-state index is 5.71. The van der Waals surface area contributed by atoms with Crippen molar-refractivity contribution in [1.29, 1.82) is 0 Å². The highest BCUT2D eigenvalue weighted by Gasteiger charge is 2.20. The maximum absolute atomic E-state index is 5.71. The lowest BCUT2D eigenvalue weighted by Crippen LogP contribution is -2.47. The predicted octanol–water partition coefficient (Wildman–Crippen LogP) is 0.966. The Hall–Kier alpha value is -1.24. The number of anilines is 1. The third-order valence-corrected chi connectivity index (χ3v) is 4.42. The molecule has 2 saturated heterocycles. The van der Waals surface area contributed by atoms with Gasteiger partial charge < -0.3 is 14.4 Å². The molecule has 0 N–H and O–H groups in total. The van der Waals surface area contributed by atoms with E-state index >= 15 is 0 Å². The summed E-state index contributed by atoms with van der Waals surface area (Å²) < 4.78 is 11.2. The normalized spacial score (nSPS) is 23.7. The van der Waals surface area contributed by atoms with Crippen LogP contribution in [0.15, 0.2) is 12.4 Å². The van der Waals surface area contributed by atoms with Crippen molar-refractivity contribution in [3.8, 4) is 0 Å². The van der Waals surface area contributed by atoms with Gasteiger partial charge in [0, 0.05) is 44.5 Å². The molecule has 6 heteroatoms. The van der Waals surface area contributed by atoms with Gasteiger partial charge in [-0.15, -0.1) is 0 Å². The molecule has 0 amide bonds. The minimum absolute atomic E-state index is 0.278. The number of hydrogen-bond donors (Lipinski definition) is 0. The first-order chi connectivity index (χ1) is 10.8. The smallest absolute Gasteiger partial charge is 0.132 e. The van der Waals surface area contributed by atoms with Crippen LogP contribution in [0.5, 0.6) is 0 Å². The van der Waals surface area contributed by atoms with Crippen LogP contribution in [0, 0.1) is 0 Å². The summed E-state index contributed by atoms with van der Waals surface area (Å²) >= 11 is 0. The molecule has 122 valence electrons. The average Bonchev–Trinajstić information content (AvgIpc) is 2.61. The first-order valence-corrected chi connectivity index (χ1v) is 8.32. The second-order valence-corrected chi connectivity index (χ2v) is 5.91. The largest absolute Gasteiger partial charge is 0.376 e. The number of rotatable bonds is 5. The molecule has 0 aliphatic carbocycles. The molecule has 22 heavy (non-hydrogen) atoms. The van der Waals surface area contributed by atoms with Crippen molar-refractivity contribution in [3.63, 3.8) is 0 Å². The van der Waals surface area contributed by atoms with Gasteiger partial charge in [0.15, 0.2) is 0 Å². The average molecular weight is 306 g/mol. The monoisotopic (exact) mass is 306 g/mol. The van der Waals surface area contributed by atoms with Crippen molar-refractivity contribution in [3.05, 3.63) is 18.1 Å². The number of aromatic nitrogens is 2. The van der Waals surface area contributed by atoms with E-state index in [0.717, 1.165) is 76.9 Å². The summed E-state index contributed by atoms with van der Waals surface area (Å²) in [4.78, 5) is 13.6. The molecule has 1 aromatic heterocycles. The van der Waals surface area contributed by atoms with Crippen LogP contribution < -0.4 is 4.90 Å². The molecular weight excluding hydrogens is 280 g/mol. The first kappa shape index (κ1) is 15.6. The van der Waals surface area contributed by atoms with E-state index in [2.05, 4.69) is 32.8 Å². The van der Waals surface area contributed by atoms with Crippen LogP contribution in [0.3, 0.4) is 0 Å². The molecule has 2 fully saturated rings. The standard InChI is InChI=1S/C16H26N4O2/c1-2-14-11-16(18-13-17-14)20-7-5-19(6-8-20)4-3-15-12-21-9-10-22-15/h11,13,15H,2-10,12H2,1H3. The van der Waals surface area contributed by atoms with E-state index in [1.165, 1.54) is 0 Å². The van der Waals surface area contributed by atoms with Crippen molar-refractivity contribution < 1.29 is 9.47 Å². The second kappa shape index (κ2) is 7.85. The summed E-state index contributed by atoms with van der Waals surface area (Å²) in [6.07, 6.45) is 3.98. The summed E-state index contributed by atoms with van der Waals surface area (Å²) in [5.41, 5.74) is 1.11. The summed E-state index contributed by atoms with van der Waals surface area (Å²) in [6.45, 7) is 9.68. The Morgan fingerprint density at radius 3 is 2.77 bits per heavy atom. The van der Waals surface area contributed by atoms with E-state index in [-0.39, 0.29) is 6.10 Å². The molecule has 0 saturated carbocycles. The Kier molecular flexibility index (Phi) is 5.58. The topological polar surface area (TPSA) is 50.7 Å². The lowest BCUT2D eigenvalue weighted by molar-refractivity contribution is -0.0927. The molecule has 2 aliphatic heterocycles. The third kappa shape index (κ3) is 4.15. The predicted molar refractivity (Wildman–Crippen MR) is 85.2 cm³/mol. The molecule has 3 heterocycles. The number of aryl methyl sites for hydroxylation is 1. The summed E-state index contributed by atoms with van der Waals surface area (Å²) in [5.74, 6) is 1.07. The SMILES string of the molecule is CCc1cc(N2CCN(CCC3COCCO3)CC2)ncn1. The summed E-state index contributed by atoms with van der Waals surface area (Å²) in [7, 11) is 0. The van der Waals surface area contributed by atoms with Crippen LogP contribution in [-0.2, 0) is 15.9 Å². The minimum Gasteiger partial charge on any atom is -0.376 e. The van der Waals surface area contributed by atoms with Crippen molar-refractivity contribution in [2.75, 3.05) is 57.4 Å². The van der Waals surface area contributed by atoms with Gasteiger partial charge >= 0.3 is 0 Å². The van der Waals surface area contributed by atoms with Gasteiger partial charge in [-0.25, -0.2) is 9.97 Å². The van der Waals surface area contributed by atoms with Crippen molar-refractivity contribution in [1.82, 2.24) is 14.9 Å². The van der Waals surface area contributed by atoms with Gasteiger partial charge in [-0.1, -0.05) is 6.92 Å². The number of nitrogens with zero attached hydrogens (tertiary/aromatic N) is 4. The van der Waals surface area contributed by atoms with Gasteiger partial charge in [-0.3, -0.25) is 4.90 Å². The summed E-state index contributed by atoms with van der Waals surface area (Å²) in [6, 6.07) is 2.11. The molecule has 1 unspecified atom stereocenters. The molecule has 0 bridgehead atoms. The zero-order valence-electron chi connectivity index (χ0n) is 13.4. The molecular formula is C16H26N4O2. The summed E-state index contributed by atoms with van der Waals surface area (Å²) in [5, 5.41) is 0. The second-order valence-electron chi connectivity index (χ2n) is 5.91. The minimum atomic E-state index is 0.278. The molecule has 3 rings (SSSR count). The Labute approximate surface area is 132 Å². The molecule has 1 atom stereocenters. The third-order valence-electron chi connectivity index (χ3n) is 4.42. The Bertz CT molecular complexity index is 457. The van der Waals surface area contributed by atoms with E-state index in [1.54, 1.807) is 6.33 Å². The van der Waals surface area contributed by atoms with E-state index in [9.17, 15) is 0 Å². The molecule has 0 radical (unpaired) electrons. The van der Waals surface area contributed by atoms with E-state index in [0.29, 0.717) is 0 Å². The fourth-order valence-electron chi connectivity index (χ4n) is 2.98. The Morgan fingerprint density at radius 1 is 1.18 bits per heavy atom. The first-order valence-electron chi connectivity index (χ1n) is 8.32. The molecule has 0 aromatic carbocycles. The van der Waals surface area contributed by atoms with E-state index < -0.39 is 0 Å². The Balaban J connectivity index is 1.43. The fourth-order valence-corrected chi connectivity index (χ4v) is 2.98. The molecule has 6 nitrogen and oxygen atoms in total. The molecule has 0 spiro atoms. The highest BCUT2D eigenvalue weighted by molar-refractivity contribution is 5.39. The zero-order valence-corrected chi connectivity index (χ0v) is 13.4. The molecule has 2 aliphatic rings. The van der Waals surface area contributed by atoms with Crippen LogP contribution in [0.1, 0.15) is 19.0 Å². The van der Waals surface area contributed by atoms with Crippen molar-refractivity contribution >= 4 is 5.82 Å². The highest BCUT2D eigenvalue weighted by atomic mass is 16.6. The van der Waals surface area contributed by atoms with Gasteiger partial charge in [0.1, 0.15) is 12.1 Å². The van der Waals surface area contributed by atoms with Gasteiger partial charge in [0.05, 0.1) is 25.9 Å². The van der Waals surface area contributed by atoms with Crippen LogP contribution in [0.25, 0.3) is 0 Å². The van der Waals surface area contributed by atoms with Crippen molar-refractivity contribution in [2.45, 2.75) is 25.9 Å². The van der Waals surface area contributed by atoms with Crippen LogP contribution >= 0.6 is 0 Å². The van der Waals surface area contributed by atoms with Gasteiger partial charge in [0.2, 0.25) is 0 Å². The zero-order chi connectivity index (χ0) is 15.2. The van der Waals surface area contributed by atoms with Gasteiger partial charge in [-0.2, -0.15) is 0 Å². The molecule has 1 aromatic rings.